The Morgan fingerprint density at radius 1 is 1.22 bits per heavy atom. The second-order valence-electron chi connectivity index (χ2n) is 6.13. The Morgan fingerprint density at radius 2 is 2.00 bits per heavy atom. The van der Waals surface area contributed by atoms with E-state index < -0.39 is 5.76 Å². The maximum absolute atomic E-state index is 12.7. The number of rotatable bonds is 6. The molecule has 3 aromatic rings. The summed E-state index contributed by atoms with van der Waals surface area (Å²) in [7, 11) is 1.58. The van der Waals surface area contributed by atoms with Gasteiger partial charge in [0, 0.05) is 36.4 Å². The molecule has 0 aliphatic carbocycles. The van der Waals surface area contributed by atoms with Crippen LogP contribution in [0.4, 0.5) is 0 Å². The van der Waals surface area contributed by atoms with Crippen LogP contribution in [0, 0.1) is 0 Å². The third-order valence-electron chi connectivity index (χ3n) is 4.48. The van der Waals surface area contributed by atoms with Crippen molar-refractivity contribution in [3.05, 3.63) is 64.1 Å². The SMILES string of the molecule is COc1ccc(C(=O)c2ccc3c(c2)oc(=O)n3CCC2=NCCS2)cc1. The Kier molecular flexibility index (Phi) is 4.85. The van der Waals surface area contributed by atoms with Gasteiger partial charge in [0.1, 0.15) is 5.75 Å². The molecule has 2 heterocycles. The summed E-state index contributed by atoms with van der Waals surface area (Å²) in [6.45, 7) is 1.36. The summed E-state index contributed by atoms with van der Waals surface area (Å²) >= 11 is 1.73. The number of nitrogens with zero attached hydrogens (tertiary/aromatic N) is 2. The highest BCUT2D eigenvalue weighted by Crippen LogP contribution is 2.21. The summed E-state index contributed by atoms with van der Waals surface area (Å²) in [5.74, 6) is 1.15. The first-order chi connectivity index (χ1) is 13.2. The molecule has 1 aliphatic heterocycles. The van der Waals surface area contributed by atoms with Gasteiger partial charge in [0.25, 0.3) is 0 Å². The van der Waals surface area contributed by atoms with Crippen molar-refractivity contribution in [2.45, 2.75) is 13.0 Å². The van der Waals surface area contributed by atoms with Crippen LogP contribution in [-0.2, 0) is 6.54 Å². The summed E-state index contributed by atoms with van der Waals surface area (Å²) in [6, 6.07) is 12.0. The molecule has 0 N–H and O–H groups in total. The lowest BCUT2D eigenvalue weighted by Crippen LogP contribution is -2.15. The number of hydrogen-bond donors (Lipinski definition) is 0. The van der Waals surface area contributed by atoms with E-state index in [0.29, 0.717) is 40.9 Å². The molecule has 27 heavy (non-hydrogen) atoms. The van der Waals surface area contributed by atoms with Crippen LogP contribution in [0.2, 0.25) is 0 Å². The van der Waals surface area contributed by atoms with Crippen molar-refractivity contribution in [1.29, 1.82) is 0 Å². The summed E-state index contributed by atoms with van der Waals surface area (Å²) in [4.78, 5) is 29.3. The highest BCUT2D eigenvalue weighted by atomic mass is 32.2. The number of ketones is 1. The minimum atomic E-state index is -0.414. The van der Waals surface area contributed by atoms with Gasteiger partial charge in [-0.1, -0.05) is 0 Å². The molecule has 0 saturated carbocycles. The number of carbonyl (C=O) groups excluding carboxylic acids is 1. The van der Waals surface area contributed by atoms with Crippen molar-refractivity contribution in [3.8, 4) is 5.75 Å². The van der Waals surface area contributed by atoms with Crippen LogP contribution in [0.5, 0.6) is 5.75 Å². The Balaban J connectivity index is 1.60. The largest absolute Gasteiger partial charge is 0.497 e. The number of ether oxygens (including phenoxy) is 1. The normalized spacial score (nSPS) is 13.7. The molecule has 4 rings (SSSR count). The number of benzene rings is 2. The van der Waals surface area contributed by atoms with Crippen LogP contribution in [0.1, 0.15) is 22.3 Å². The number of thioether (sulfide) groups is 1. The minimum Gasteiger partial charge on any atom is -0.497 e. The van der Waals surface area contributed by atoms with Crippen LogP contribution in [0.25, 0.3) is 11.1 Å². The second kappa shape index (κ2) is 7.44. The summed E-state index contributed by atoms with van der Waals surface area (Å²) in [6.07, 6.45) is 0.714. The van der Waals surface area contributed by atoms with E-state index in [1.54, 1.807) is 65.9 Å². The molecule has 0 radical (unpaired) electrons. The number of fused-ring (bicyclic) bond motifs is 1. The number of carbonyl (C=O) groups is 1. The van der Waals surface area contributed by atoms with Gasteiger partial charge in [-0.2, -0.15) is 0 Å². The maximum Gasteiger partial charge on any atom is 0.419 e. The Morgan fingerprint density at radius 3 is 2.70 bits per heavy atom. The van der Waals surface area contributed by atoms with Crippen molar-refractivity contribution < 1.29 is 13.9 Å². The van der Waals surface area contributed by atoms with Gasteiger partial charge in [-0.25, -0.2) is 4.79 Å². The van der Waals surface area contributed by atoms with Crippen LogP contribution < -0.4 is 10.5 Å². The summed E-state index contributed by atoms with van der Waals surface area (Å²) in [5, 5.41) is 1.07. The molecule has 138 valence electrons. The average Bonchev–Trinajstić information content (AvgIpc) is 3.32. The summed E-state index contributed by atoms with van der Waals surface area (Å²) in [5.41, 5.74) is 2.13. The molecular weight excluding hydrogens is 364 g/mol. The number of aromatic nitrogens is 1. The molecule has 2 aromatic carbocycles. The Hall–Kier alpha value is -2.80. The van der Waals surface area contributed by atoms with Gasteiger partial charge < -0.3 is 9.15 Å². The van der Waals surface area contributed by atoms with Crippen molar-refractivity contribution in [3.63, 3.8) is 0 Å². The third-order valence-corrected chi connectivity index (χ3v) is 5.53. The molecule has 0 unspecified atom stereocenters. The van der Waals surface area contributed by atoms with E-state index in [1.165, 1.54) is 0 Å². The molecule has 0 amide bonds. The fourth-order valence-corrected chi connectivity index (χ4v) is 3.90. The van der Waals surface area contributed by atoms with E-state index >= 15 is 0 Å². The zero-order valence-electron chi connectivity index (χ0n) is 14.8. The van der Waals surface area contributed by atoms with E-state index in [-0.39, 0.29) is 5.78 Å². The standard InChI is InChI=1S/C20H18N2O4S/c1-25-15-5-2-13(3-6-15)19(23)14-4-7-16-17(12-14)26-20(24)22(16)10-8-18-21-9-11-27-18/h2-7,12H,8-11H2,1H3. The molecule has 0 bridgehead atoms. The first kappa shape index (κ1) is 17.6. The molecule has 0 saturated heterocycles. The predicted molar refractivity (Wildman–Crippen MR) is 106 cm³/mol. The molecule has 6 nitrogen and oxygen atoms in total. The fourth-order valence-electron chi connectivity index (χ4n) is 3.07. The van der Waals surface area contributed by atoms with Crippen LogP contribution in [-0.4, -0.2) is 34.8 Å². The van der Waals surface area contributed by atoms with Gasteiger partial charge in [0.2, 0.25) is 0 Å². The highest BCUT2D eigenvalue weighted by Gasteiger charge is 2.15. The minimum absolute atomic E-state index is 0.133. The Labute approximate surface area is 159 Å². The van der Waals surface area contributed by atoms with Gasteiger partial charge >= 0.3 is 5.76 Å². The van der Waals surface area contributed by atoms with Crippen LogP contribution in [0.3, 0.4) is 0 Å². The van der Waals surface area contributed by atoms with Crippen LogP contribution in [0.15, 0.2) is 56.7 Å². The number of methoxy groups -OCH3 is 1. The van der Waals surface area contributed by atoms with Crippen molar-refractivity contribution in [2.24, 2.45) is 4.99 Å². The first-order valence-corrected chi connectivity index (χ1v) is 9.62. The third kappa shape index (κ3) is 3.55. The number of aryl methyl sites for hydroxylation is 1. The van der Waals surface area contributed by atoms with Crippen molar-refractivity contribution >= 4 is 33.7 Å². The topological polar surface area (TPSA) is 73.8 Å². The van der Waals surface area contributed by atoms with E-state index in [0.717, 1.165) is 17.3 Å². The summed E-state index contributed by atoms with van der Waals surface area (Å²) < 4.78 is 12.1. The quantitative estimate of drug-likeness (QED) is 0.611. The molecular formula is C20H18N2O4S. The van der Waals surface area contributed by atoms with Gasteiger partial charge in [-0.05, 0) is 42.5 Å². The van der Waals surface area contributed by atoms with E-state index in [2.05, 4.69) is 4.99 Å². The van der Waals surface area contributed by atoms with Crippen LogP contribution >= 0.6 is 11.8 Å². The lowest BCUT2D eigenvalue weighted by Gasteiger charge is -2.04. The zero-order chi connectivity index (χ0) is 18.8. The molecule has 0 atom stereocenters. The fraction of sp³-hybridized carbons (Fsp3) is 0.250. The number of aliphatic imine (C=N–C) groups is 1. The Bertz CT molecular complexity index is 1080. The van der Waals surface area contributed by atoms with E-state index in [1.807, 2.05) is 0 Å². The highest BCUT2D eigenvalue weighted by molar-refractivity contribution is 8.14. The molecule has 0 spiro atoms. The molecule has 1 aromatic heterocycles. The molecule has 7 heteroatoms. The smallest absolute Gasteiger partial charge is 0.419 e. The van der Waals surface area contributed by atoms with Crippen molar-refractivity contribution in [1.82, 2.24) is 4.57 Å². The number of oxazole rings is 1. The molecule has 1 aliphatic rings. The van der Waals surface area contributed by atoms with Gasteiger partial charge in [0.15, 0.2) is 11.4 Å². The van der Waals surface area contributed by atoms with Gasteiger partial charge in [-0.3, -0.25) is 14.4 Å². The van der Waals surface area contributed by atoms with E-state index in [9.17, 15) is 9.59 Å². The first-order valence-electron chi connectivity index (χ1n) is 8.64. The lowest BCUT2D eigenvalue weighted by molar-refractivity contribution is 0.103. The van der Waals surface area contributed by atoms with Gasteiger partial charge in [0.05, 0.1) is 17.7 Å². The zero-order valence-corrected chi connectivity index (χ0v) is 15.6. The monoisotopic (exact) mass is 382 g/mol. The second-order valence-corrected chi connectivity index (χ2v) is 7.30. The average molecular weight is 382 g/mol. The predicted octanol–water partition coefficient (Wildman–Crippen LogP) is 3.37. The van der Waals surface area contributed by atoms with E-state index in [4.69, 9.17) is 9.15 Å². The number of hydrogen-bond acceptors (Lipinski definition) is 6. The van der Waals surface area contributed by atoms with Crippen molar-refractivity contribution in [2.75, 3.05) is 19.4 Å². The maximum atomic E-state index is 12.7. The van der Waals surface area contributed by atoms with Gasteiger partial charge in [-0.15, -0.1) is 11.8 Å². The molecule has 0 fully saturated rings. The lowest BCUT2D eigenvalue weighted by atomic mass is 10.0.